The number of rotatable bonds is 7. The number of nitrogens with zero attached hydrogens (tertiary/aromatic N) is 6. The summed E-state index contributed by atoms with van der Waals surface area (Å²) in [6.45, 7) is 7.11. The van der Waals surface area contributed by atoms with Gasteiger partial charge in [0, 0.05) is 69.7 Å². The van der Waals surface area contributed by atoms with Crippen molar-refractivity contribution in [2.24, 2.45) is 5.92 Å². The number of ether oxygens (including phenoxy) is 1. The molecule has 2 N–H and O–H groups in total. The summed E-state index contributed by atoms with van der Waals surface area (Å²) in [6.07, 6.45) is -0.0486. The van der Waals surface area contributed by atoms with Crippen LogP contribution < -0.4 is 15.5 Å². The second-order valence-electron chi connectivity index (χ2n) is 9.76. The number of alkyl halides is 3. The Bertz CT molecular complexity index is 1060. The predicted molar refractivity (Wildman–Crippen MR) is 128 cm³/mol. The molecule has 3 aliphatic heterocycles. The number of fused-ring (bicyclic) bond motifs is 1. The topological polar surface area (TPSA) is 83.6 Å². The molecule has 8 nitrogen and oxygen atoms in total. The number of methoxy groups -OCH3 is 1. The van der Waals surface area contributed by atoms with Crippen molar-refractivity contribution in [3.05, 3.63) is 23.9 Å². The zero-order chi connectivity index (χ0) is 24.7. The van der Waals surface area contributed by atoms with Crippen molar-refractivity contribution in [2.45, 2.75) is 44.4 Å². The molecule has 4 aliphatic rings. The van der Waals surface area contributed by atoms with Crippen molar-refractivity contribution < 1.29 is 17.9 Å². The number of nitrogen functional groups attached to an aromatic ring is 1. The fraction of sp³-hybridized carbons (Fsp3) is 0.625. The Balaban J connectivity index is 1.52. The lowest BCUT2D eigenvalue weighted by atomic mass is 9.86. The van der Waals surface area contributed by atoms with Crippen molar-refractivity contribution in [2.75, 3.05) is 62.0 Å². The van der Waals surface area contributed by atoms with Crippen LogP contribution in [-0.2, 0) is 10.9 Å². The summed E-state index contributed by atoms with van der Waals surface area (Å²) in [4.78, 5) is 20.4. The minimum Gasteiger partial charge on any atom is -0.383 e. The van der Waals surface area contributed by atoms with E-state index in [-0.39, 0.29) is 11.6 Å². The van der Waals surface area contributed by atoms with Crippen LogP contribution in [0.15, 0.2) is 18.3 Å². The van der Waals surface area contributed by atoms with Crippen LogP contribution in [0.3, 0.4) is 0 Å². The lowest BCUT2D eigenvalue weighted by Crippen LogP contribution is -2.54. The molecule has 0 amide bonds. The fourth-order valence-electron chi connectivity index (χ4n) is 5.46. The van der Waals surface area contributed by atoms with Crippen LogP contribution in [0.4, 0.5) is 30.8 Å². The van der Waals surface area contributed by atoms with E-state index >= 15 is 0 Å². The molecule has 3 saturated heterocycles. The maximum absolute atomic E-state index is 13.5. The molecule has 1 atom stereocenters. The highest BCUT2D eigenvalue weighted by Gasteiger charge is 2.44. The average molecular weight is 492 g/mol. The summed E-state index contributed by atoms with van der Waals surface area (Å²) in [5, 5.41) is 0. The molecule has 0 radical (unpaired) electrons. The summed E-state index contributed by atoms with van der Waals surface area (Å²) in [5.74, 6) is 1.45. The van der Waals surface area contributed by atoms with Crippen LogP contribution in [0.1, 0.15) is 31.7 Å². The Labute approximate surface area is 203 Å². The summed E-state index contributed by atoms with van der Waals surface area (Å²) in [5.41, 5.74) is 5.32. The maximum Gasteiger partial charge on any atom is 0.419 e. The van der Waals surface area contributed by atoms with Gasteiger partial charge in [-0.25, -0.2) is 9.97 Å². The molecule has 6 rings (SSSR count). The molecule has 1 aliphatic carbocycles. The molecule has 11 heteroatoms. The number of hydrogen-bond acceptors (Lipinski definition) is 8. The predicted octanol–water partition coefficient (Wildman–Crippen LogP) is 3.29. The second-order valence-corrected chi connectivity index (χ2v) is 9.76. The molecule has 190 valence electrons. The zero-order valence-corrected chi connectivity index (χ0v) is 20.1. The van der Waals surface area contributed by atoms with E-state index in [4.69, 9.17) is 20.4 Å². The minimum atomic E-state index is -4.59. The molecule has 0 unspecified atom stereocenters. The van der Waals surface area contributed by atoms with Gasteiger partial charge in [-0.3, -0.25) is 4.90 Å². The average Bonchev–Trinajstić information content (AvgIpc) is 3.43. The molecular formula is C24H32F3N7O. The number of piperazine rings is 1. The van der Waals surface area contributed by atoms with Crippen molar-refractivity contribution in [1.82, 2.24) is 19.9 Å². The summed E-state index contributed by atoms with van der Waals surface area (Å²) < 4.78 is 45.8. The third-order valence-electron chi connectivity index (χ3n) is 7.53. The van der Waals surface area contributed by atoms with E-state index in [9.17, 15) is 13.2 Å². The van der Waals surface area contributed by atoms with Crippen molar-refractivity contribution in [1.29, 1.82) is 0 Å². The molecule has 1 saturated carbocycles. The number of pyridine rings is 1. The standard InChI is InChI=1S/C24H32F3N7O/c1-3-17-14-32(6-7-35-2)4-5-33(17)21-11-20(16-10-19(24(25,26)27)22(28)29-12-16)30-23(31-21)34-13-15-8-18(34)9-15/h10-12,15,17-18H,3-9,13-14H2,1-2H3,(H2,28,29)/t15?,17-,18?/m0/s1. The van der Waals surface area contributed by atoms with Gasteiger partial charge in [-0.1, -0.05) is 6.92 Å². The van der Waals surface area contributed by atoms with Gasteiger partial charge < -0.3 is 20.3 Å². The molecule has 2 aromatic rings. The van der Waals surface area contributed by atoms with Crippen LogP contribution in [0.2, 0.25) is 0 Å². The quantitative estimate of drug-likeness (QED) is 0.632. The Hall–Kier alpha value is -2.66. The fourth-order valence-corrected chi connectivity index (χ4v) is 5.46. The monoisotopic (exact) mass is 491 g/mol. The first-order chi connectivity index (χ1) is 16.8. The van der Waals surface area contributed by atoms with Gasteiger partial charge in [0.25, 0.3) is 0 Å². The van der Waals surface area contributed by atoms with Crippen molar-refractivity contribution in [3.8, 4) is 11.3 Å². The number of nitrogens with two attached hydrogens (primary N) is 1. The Morgan fingerprint density at radius 3 is 2.57 bits per heavy atom. The van der Waals surface area contributed by atoms with Crippen molar-refractivity contribution in [3.63, 3.8) is 0 Å². The minimum absolute atomic E-state index is 0.235. The first kappa shape index (κ1) is 24.1. The van der Waals surface area contributed by atoms with Crippen LogP contribution >= 0.6 is 0 Å². The van der Waals surface area contributed by atoms with Crippen LogP contribution in [0, 0.1) is 5.92 Å². The third kappa shape index (κ3) is 4.75. The van der Waals surface area contributed by atoms with E-state index in [1.54, 1.807) is 13.2 Å². The first-order valence-corrected chi connectivity index (χ1v) is 12.2. The second kappa shape index (κ2) is 9.42. The van der Waals surface area contributed by atoms with E-state index in [0.717, 1.165) is 63.9 Å². The van der Waals surface area contributed by atoms with E-state index in [2.05, 4.69) is 26.6 Å². The van der Waals surface area contributed by atoms with E-state index in [0.29, 0.717) is 30.2 Å². The highest BCUT2D eigenvalue weighted by atomic mass is 19.4. The number of halogens is 3. The smallest absolute Gasteiger partial charge is 0.383 e. The SMILES string of the molecule is CC[C@H]1CN(CCOC)CCN1c1cc(-c2cnc(N)c(C(F)(F)F)c2)nc(N2CC3CC2C3)n1. The summed E-state index contributed by atoms with van der Waals surface area (Å²) in [6, 6.07) is 3.48. The van der Waals surface area contributed by atoms with Crippen LogP contribution in [-0.4, -0.2) is 78.4 Å². The van der Waals surface area contributed by atoms with E-state index < -0.39 is 17.6 Å². The summed E-state index contributed by atoms with van der Waals surface area (Å²) >= 11 is 0. The van der Waals surface area contributed by atoms with Gasteiger partial charge in [0.15, 0.2) is 0 Å². The molecule has 2 aromatic heterocycles. The molecule has 4 fully saturated rings. The van der Waals surface area contributed by atoms with Gasteiger partial charge >= 0.3 is 6.18 Å². The van der Waals surface area contributed by atoms with Gasteiger partial charge in [0.2, 0.25) is 5.95 Å². The molecule has 0 aromatic carbocycles. The largest absolute Gasteiger partial charge is 0.419 e. The third-order valence-corrected chi connectivity index (χ3v) is 7.53. The highest BCUT2D eigenvalue weighted by Crippen LogP contribution is 2.43. The number of hydrogen-bond donors (Lipinski definition) is 1. The first-order valence-electron chi connectivity index (χ1n) is 12.2. The molecule has 2 bridgehead atoms. The zero-order valence-electron chi connectivity index (χ0n) is 20.1. The molecule has 35 heavy (non-hydrogen) atoms. The Morgan fingerprint density at radius 1 is 1.11 bits per heavy atom. The summed E-state index contributed by atoms with van der Waals surface area (Å²) in [7, 11) is 1.70. The maximum atomic E-state index is 13.5. The number of anilines is 3. The molecule has 5 heterocycles. The van der Waals surface area contributed by atoms with E-state index in [1.165, 1.54) is 6.20 Å². The molecule has 0 spiro atoms. The van der Waals surface area contributed by atoms with Gasteiger partial charge in [-0.2, -0.15) is 18.2 Å². The Kier molecular flexibility index (Phi) is 6.47. The van der Waals surface area contributed by atoms with Crippen molar-refractivity contribution >= 4 is 17.6 Å². The van der Waals surface area contributed by atoms with E-state index in [1.807, 2.05) is 0 Å². The lowest BCUT2D eigenvalue weighted by molar-refractivity contribution is -0.137. The molecular weight excluding hydrogens is 459 g/mol. The Morgan fingerprint density at radius 2 is 1.91 bits per heavy atom. The highest BCUT2D eigenvalue weighted by molar-refractivity contribution is 5.67. The normalized spacial score (nSPS) is 24.7. The van der Waals surface area contributed by atoms with Crippen LogP contribution in [0.25, 0.3) is 11.3 Å². The van der Waals surface area contributed by atoms with Gasteiger partial charge in [0.1, 0.15) is 11.6 Å². The van der Waals surface area contributed by atoms with Crippen LogP contribution in [0.5, 0.6) is 0 Å². The number of aromatic nitrogens is 3. The lowest BCUT2D eigenvalue weighted by Gasteiger charge is -2.42. The van der Waals surface area contributed by atoms with Gasteiger partial charge in [0.05, 0.1) is 17.9 Å². The van der Waals surface area contributed by atoms with Gasteiger partial charge in [-0.15, -0.1) is 0 Å². The van der Waals surface area contributed by atoms with Gasteiger partial charge in [-0.05, 0) is 31.2 Å².